The second kappa shape index (κ2) is 6.79. The van der Waals surface area contributed by atoms with Crippen molar-refractivity contribution in [2.75, 3.05) is 11.6 Å². The molecule has 0 radical (unpaired) electrons. The predicted octanol–water partition coefficient (Wildman–Crippen LogP) is 3.53. The van der Waals surface area contributed by atoms with Crippen LogP contribution in [0, 0.1) is 6.92 Å². The molecule has 0 bridgehead atoms. The Morgan fingerprint density at radius 2 is 1.83 bits per heavy atom. The molecule has 3 rings (SSSR count). The highest BCUT2D eigenvalue weighted by Gasteiger charge is 2.05. The molecular formula is C18H19N3OS. The van der Waals surface area contributed by atoms with E-state index in [0.29, 0.717) is 6.54 Å². The maximum atomic E-state index is 11.4. The highest BCUT2D eigenvalue weighted by Crippen LogP contribution is 2.20. The van der Waals surface area contributed by atoms with Crippen LogP contribution in [0.4, 0.5) is 5.69 Å². The largest absolute Gasteiger partial charge is 0.379 e. The van der Waals surface area contributed by atoms with E-state index >= 15 is 0 Å². The lowest BCUT2D eigenvalue weighted by molar-refractivity contribution is 0.687. The van der Waals surface area contributed by atoms with Crippen molar-refractivity contribution >= 4 is 16.5 Å². The van der Waals surface area contributed by atoms with Gasteiger partial charge in [0, 0.05) is 34.7 Å². The summed E-state index contributed by atoms with van der Waals surface area (Å²) in [6, 6.07) is 17.9. The van der Waals surface area contributed by atoms with Gasteiger partial charge in [0.1, 0.15) is 0 Å². The van der Waals surface area contributed by atoms with Crippen LogP contribution in [0.5, 0.6) is 0 Å². The number of rotatable bonds is 5. The molecule has 0 aliphatic heterocycles. The Labute approximate surface area is 138 Å². The second-order valence-electron chi connectivity index (χ2n) is 5.37. The van der Waals surface area contributed by atoms with Crippen molar-refractivity contribution in [3.05, 3.63) is 72.1 Å². The van der Waals surface area contributed by atoms with Gasteiger partial charge in [-0.15, -0.1) is 0 Å². The summed E-state index contributed by atoms with van der Waals surface area (Å²) < 4.78 is 13.3. The molecule has 3 aromatic rings. The number of aryl methyl sites for hydroxylation is 1. The summed E-state index contributed by atoms with van der Waals surface area (Å²) in [5.41, 5.74) is 4.18. The van der Waals surface area contributed by atoms with Gasteiger partial charge in [-0.05, 0) is 42.8 Å². The molecule has 0 aliphatic rings. The van der Waals surface area contributed by atoms with Crippen molar-refractivity contribution in [1.82, 2.24) is 9.78 Å². The van der Waals surface area contributed by atoms with Crippen LogP contribution < -0.4 is 5.32 Å². The molecule has 2 aromatic carbocycles. The smallest absolute Gasteiger partial charge is 0.0877 e. The van der Waals surface area contributed by atoms with E-state index in [1.807, 2.05) is 72.4 Å². The zero-order valence-corrected chi connectivity index (χ0v) is 14.0. The first-order valence-corrected chi connectivity index (χ1v) is 8.97. The van der Waals surface area contributed by atoms with E-state index < -0.39 is 10.8 Å². The normalized spacial score (nSPS) is 12.1. The fourth-order valence-corrected chi connectivity index (χ4v) is 2.89. The maximum Gasteiger partial charge on any atom is 0.0877 e. The zero-order valence-electron chi connectivity index (χ0n) is 13.2. The highest BCUT2D eigenvalue weighted by atomic mass is 32.2. The summed E-state index contributed by atoms with van der Waals surface area (Å²) in [6.07, 6.45) is 3.65. The topological polar surface area (TPSA) is 46.9 Å². The minimum absolute atomic E-state index is 0.702. The number of hydrogen-bond donors (Lipinski definition) is 1. The Morgan fingerprint density at radius 3 is 2.48 bits per heavy atom. The lowest BCUT2D eigenvalue weighted by Crippen LogP contribution is -2.05. The zero-order chi connectivity index (χ0) is 16.2. The Hall–Kier alpha value is -2.40. The summed E-state index contributed by atoms with van der Waals surface area (Å²) in [5.74, 6) is 0. The summed E-state index contributed by atoms with van der Waals surface area (Å²) in [4.78, 5) is 0.848. The van der Waals surface area contributed by atoms with Crippen molar-refractivity contribution in [3.8, 4) is 5.69 Å². The first-order valence-electron chi connectivity index (χ1n) is 7.41. The van der Waals surface area contributed by atoms with Crippen molar-refractivity contribution < 1.29 is 4.21 Å². The number of para-hydroxylation sites is 2. The van der Waals surface area contributed by atoms with Gasteiger partial charge >= 0.3 is 0 Å². The van der Waals surface area contributed by atoms with Gasteiger partial charge in [-0.2, -0.15) is 5.10 Å². The van der Waals surface area contributed by atoms with Crippen LogP contribution in [-0.2, 0) is 17.3 Å². The Kier molecular flexibility index (Phi) is 4.57. The molecule has 1 aromatic heterocycles. The summed E-state index contributed by atoms with van der Waals surface area (Å²) in [7, 11) is -0.935. The molecule has 4 nitrogen and oxygen atoms in total. The summed E-state index contributed by atoms with van der Waals surface area (Å²) in [6.45, 7) is 2.68. The second-order valence-corrected chi connectivity index (χ2v) is 6.75. The van der Waals surface area contributed by atoms with E-state index in [4.69, 9.17) is 0 Å². The minimum Gasteiger partial charge on any atom is -0.379 e. The molecular weight excluding hydrogens is 306 g/mol. The molecule has 0 saturated carbocycles. The van der Waals surface area contributed by atoms with Crippen LogP contribution in [0.3, 0.4) is 0 Å². The molecule has 1 atom stereocenters. The third-order valence-electron chi connectivity index (χ3n) is 3.61. The van der Waals surface area contributed by atoms with E-state index in [2.05, 4.69) is 10.4 Å². The number of nitrogens with zero attached hydrogens (tertiary/aromatic N) is 2. The molecule has 1 heterocycles. The third kappa shape index (κ3) is 3.68. The number of nitrogens with one attached hydrogen (secondary N) is 1. The Bertz CT molecular complexity index is 824. The quantitative estimate of drug-likeness (QED) is 0.780. The van der Waals surface area contributed by atoms with Gasteiger partial charge in [0.05, 0.1) is 17.1 Å². The molecule has 0 unspecified atom stereocenters. The van der Waals surface area contributed by atoms with Crippen LogP contribution in [0.15, 0.2) is 65.7 Å². The first-order chi connectivity index (χ1) is 11.1. The molecule has 1 N–H and O–H groups in total. The van der Waals surface area contributed by atoms with E-state index in [0.717, 1.165) is 27.5 Å². The van der Waals surface area contributed by atoms with Gasteiger partial charge in [-0.25, -0.2) is 4.68 Å². The molecule has 0 saturated heterocycles. The minimum atomic E-state index is -0.935. The lowest BCUT2D eigenvalue weighted by Gasteiger charge is -2.12. The van der Waals surface area contributed by atoms with Crippen LogP contribution in [0.1, 0.15) is 11.3 Å². The number of aromatic nitrogens is 2. The van der Waals surface area contributed by atoms with Gasteiger partial charge in [-0.1, -0.05) is 24.3 Å². The van der Waals surface area contributed by atoms with E-state index in [9.17, 15) is 4.21 Å². The average molecular weight is 325 g/mol. The molecule has 118 valence electrons. The maximum absolute atomic E-state index is 11.4. The molecule has 5 heteroatoms. The summed E-state index contributed by atoms with van der Waals surface area (Å²) >= 11 is 0. The van der Waals surface area contributed by atoms with Crippen LogP contribution in [0.25, 0.3) is 5.69 Å². The van der Waals surface area contributed by atoms with E-state index in [1.165, 1.54) is 0 Å². The van der Waals surface area contributed by atoms with Crippen LogP contribution >= 0.6 is 0 Å². The fourth-order valence-electron chi connectivity index (χ4n) is 2.37. The standard InChI is InChI=1S/C18H19N3OS/c1-14-11-12-21(20-14)18-6-4-3-5-17(18)19-13-15-7-9-16(10-8-15)23(2)22/h3-12,19H,13H2,1-2H3/t23-/m0/s1. The van der Waals surface area contributed by atoms with Crippen LogP contribution in [0.2, 0.25) is 0 Å². The van der Waals surface area contributed by atoms with Gasteiger partial charge in [-0.3, -0.25) is 4.21 Å². The summed E-state index contributed by atoms with van der Waals surface area (Å²) in [5, 5.41) is 7.92. The molecule has 0 amide bonds. The van der Waals surface area contributed by atoms with E-state index in [-0.39, 0.29) is 0 Å². The molecule has 0 aliphatic carbocycles. The number of anilines is 1. The molecule has 23 heavy (non-hydrogen) atoms. The molecule has 0 fully saturated rings. The van der Waals surface area contributed by atoms with Crippen LogP contribution in [-0.4, -0.2) is 20.2 Å². The number of hydrogen-bond acceptors (Lipinski definition) is 3. The van der Waals surface area contributed by atoms with Crippen molar-refractivity contribution in [3.63, 3.8) is 0 Å². The monoisotopic (exact) mass is 325 g/mol. The van der Waals surface area contributed by atoms with Gasteiger partial charge in [0.15, 0.2) is 0 Å². The van der Waals surface area contributed by atoms with Crippen molar-refractivity contribution in [2.24, 2.45) is 0 Å². The van der Waals surface area contributed by atoms with Crippen molar-refractivity contribution in [1.29, 1.82) is 0 Å². The van der Waals surface area contributed by atoms with Gasteiger partial charge < -0.3 is 5.32 Å². The average Bonchev–Trinajstić information content (AvgIpc) is 3.00. The predicted molar refractivity (Wildman–Crippen MR) is 94.4 cm³/mol. The first kappa shape index (κ1) is 15.5. The van der Waals surface area contributed by atoms with Gasteiger partial charge in [0.2, 0.25) is 0 Å². The van der Waals surface area contributed by atoms with E-state index in [1.54, 1.807) is 6.26 Å². The van der Waals surface area contributed by atoms with Gasteiger partial charge in [0.25, 0.3) is 0 Å². The Balaban J connectivity index is 1.77. The molecule has 0 spiro atoms. The lowest BCUT2D eigenvalue weighted by atomic mass is 10.2. The highest BCUT2D eigenvalue weighted by molar-refractivity contribution is 7.84. The number of benzene rings is 2. The SMILES string of the molecule is Cc1ccn(-c2ccccc2NCc2ccc([S@](C)=O)cc2)n1. The fraction of sp³-hybridized carbons (Fsp3) is 0.167. The Morgan fingerprint density at radius 1 is 1.09 bits per heavy atom. The third-order valence-corrected chi connectivity index (χ3v) is 4.55. The van der Waals surface area contributed by atoms with Crippen molar-refractivity contribution in [2.45, 2.75) is 18.4 Å².